The van der Waals surface area contributed by atoms with Crippen LogP contribution >= 0.6 is 0 Å². The lowest BCUT2D eigenvalue weighted by Gasteiger charge is -2.07. The first-order valence-corrected chi connectivity index (χ1v) is 13.8. The van der Waals surface area contributed by atoms with Crippen LogP contribution in [-0.2, 0) is 19.1 Å². The molecule has 0 unspecified atom stereocenters. The van der Waals surface area contributed by atoms with Crippen LogP contribution in [0.4, 0.5) is 0 Å². The van der Waals surface area contributed by atoms with Gasteiger partial charge in [-0.15, -0.1) is 0 Å². The lowest BCUT2D eigenvalue weighted by Crippen LogP contribution is -2.25. The highest BCUT2D eigenvalue weighted by Gasteiger charge is 2.01. The van der Waals surface area contributed by atoms with E-state index < -0.39 is 5.97 Å². The van der Waals surface area contributed by atoms with E-state index in [0.29, 0.717) is 39.2 Å². The average molecular weight is 472 g/mol. The van der Waals surface area contributed by atoms with E-state index in [-0.39, 0.29) is 5.91 Å². The summed E-state index contributed by atoms with van der Waals surface area (Å²) in [6, 6.07) is 0. The van der Waals surface area contributed by atoms with E-state index in [2.05, 4.69) is 5.32 Å². The SMILES string of the molecule is CCOCCOCCCNC(=O)CCCCCCCCCCCCCCCCCCC(=O)O. The molecule has 0 saturated carbocycles. The average Bonchev–Trinajstić information content (AvgIpc) is 2.79. The van der Waals surface area contributed by atoms with Gasteiger partial charge in [0.1, 0.15) is 0 Å². The third kappa shape index (κ3) is 28.8. The molecule has 6 heteroatoms. The van der Waals surface area contributed by atoms with Crippen LogP contribution in [0.2, 0.25) is 0 Å². The fraction of sp³-hybridized carbons (Fsp3) is 0.926. The van der Waals surface area contributed by atoms with Crippen LogP contribution in [0.15, 0.2) is 0 Å². The van der Waals surface area contributed by atoms with Gasteiger partial charge in [-0.1, -0.05) is 89.9 Å². The van der Waals surface area contributed by atoms with Crippen molar-refractivity contribution in [3.05, 3.63) is 0 Å². The normalized spacial score (nSPS) is 11.1. The summed E-state index contributed by atoms with van der Waals surface area (Å²) in [6.45, 7) is 5.33. The second-order valence-corrected chi connectivity index (χ2v) is 9.06. The Bertz CT molecular complexity index is 431. The lowest BCUT2D eigenvalue weighted by atomic mass is 10.0. The molecule has 0 fully saturated rings. The molecule has 0 rings (SSSR count). The maximum Gasteiger partial charge on any atom is 0.303 e. The number of amides is 1. The molecule has 33 heavy (non-hydrogen) atoms. The molecule has 6 nitrogen and oxygen atoms in total. The lowest BCUT2D eigenvalue weighted by molar-refractivity contribution is -0.137. The number of rotatable bonds is 27. The molecule has 0 spiro atoms. The predicted molar refractivity (Wildman–Crippen MR) is 136 cm³/mol. The Morgan fingerprint density at radius 1 is 0.576 bits per heavy atom. The van der Waals surface area contributed by atoms with Gasteiger partial charge in [0.2, 0.25) is 5.91 Å². The Morgan fingerprint density at radius 2 is 1.00 bits per heavy atom. The number of ether oxygens (including phenoxy) is 2. The van der Waals surface area contributed by atoms with E-state index in [1.807, 2.05) is 6.92 Å². The van der Waals surface area contributed by atoms with Crippen molar-refractivity contribution < 1.29 is 24.2 Å². The van der Waals surface area contributed by atoms with Crippen molar-refractivity contribution >= 4 is 11.9 Å². The van der Waals surface area contributed by atoms with Gasteiger partial charge in [-0.25, -0.2) is 0 Å². The van der Waals surface area contributed by atoms with Crippen LogP contribution in [0.1, 0.15) is 129 Å². The van der Waals surface area contributed by atoms with Gasteiger partial charge in [0.25, 0.3) is 0 Å². The summed E-state index contributed by atoms with van der Waals surface area (Å²) in [5, 5.41) is 11.6. The summed E-state index contributed by atoms with van der Waals surface area (Å²) in [6.07, 6.45) is 21.6. The Morgan fingerprint density at radius 3 is 1.45 bits per heavy atom. The highest BCUT2D eigenvalue weighted by atomic mass is 16.5. The van der Waals surface area contributed by atoms with E-state index in [9.17, 15) is 9.59 Å². The van der Waals surface area contributed by atoms with E-state index >= 15 is 0 Å². The highest BCUT2D eigenvalue weighted by Crippen LogP contribution is 2.14. The molecule has 0 aromatic carbocycles. The quantitative estimate of drug-likeness (QED) is 0.131. The zero-order valence-corrected chi connectivity index (χ0v) is 21.6. The minimum absolute atomic E-state index is 0.169. The predicted octanol–water partition coefficient (Wildman–Crippen LogP) is 6.65. The third-order valence-corrected chi connectivity index (χ3v) is 5.91. The molecule has 0 aliphatic rings. The van der Waals surface area contributed by atoms with Crippen LogP contribution in [0.3, 0.4) is 0 Å². The van der Waals surface area contributed by atoms with E-state index in [1.54, 1.807) is 0 Å². The van der Waals surface area contributed by atoms with Crippen molar-refractivity contribution in [2.45, 2.75) is 129 Å². The molecule has 0 bridgehead atoms. The molecule has 1 amide bonds. The molecule has 0 atom stereocenters. The molecular weight excluding hydrogens is 418 g/mol. The molecule has 0 aromatic rings. The van der Waals surface area contributed by atoms with Crippen molar-refractivity contribution in [3.8, 4) is 0 Å². The van der Waals surface area contributed by atoms with Crippen LogP contribution < -0.4 is 5.32 Å². The standard InChI is InChI=1S/C27H53NO5/c1-2-32-24-25-33-23-19-22-28-26(29)20-17-15-13-11-9-7-5-3-4-6-8-10-12-14-16-18-21-27(30)31/h2-25H2,1H3,(H,28,29)(H,30,31). The number of carboxylic acid groups (broad SMARTS) is 1. The number of hydrogen-bond acceptors (Lipinski definition) is 4. The largest absolute Gasteiger partial charge is 0.481 e. The first-order valence-electron chi connectivity index (χ1n) is 13.8. The molecule has 196 valence electrons. The number of unbranched alkanes of at least 4 members (excludes halogenated alkanes) is 15. The third-order valence-electron chi connectivity index (χ3n) is 5.91. The number of carbonyl (C=O) groups is 2. The van der Waals surface area contributed by atoms with E-state index in [1.165, 1.54) is 77.0 Å². The Kier molecular flexibility index (Phi) is 26.2. The smallest absolute Gasteiger partial charge is 0.303 e. The van der Waals surface area contributed by atoms with Crippen molar-refractivity contribution in [2.75, 3.05) is 33.0 Å². The van der Waals surface area contributed by atoms with Crippen molar-refractivity contribution in [2.24, 2.45) is 0 Å². The first-order chi connectivity index (χ1) is 16.2. The molecule has 2 N–H and O–H groups in total. The maximum atomic E-state index is 11.8. The van der Waals surface area contributed by atoms with Crippen LogP contribution in [0.5, 0.6) is 0 Å². The molecule has 0 aromatic heterocycles. The minimum Gasteiger partial charge on any atom is -0.481 e. The fourth-order valence-corrected chi connectivity index (χ4v) is 3.89. The van der Waals surface area contributed by atoms with Crippen molar-refractivity contribution in [1.82, 2.24) is 5.32 Å². The number of nitrogens with one attached hydrogen (secondary N) is 1. The second kappa shape index (κ2) is 27.1. The van der Waals surface area contributed by atoms with Crippen LogP contribution in [-0.4, -0.2) is 50.0 Å². The molecule has 0 radical (unpaired) electrons. The summed E-state index contributed by atoms with van der Waals surface area (Å²) in [5.41, 5.74) is 0. The second-order valence-electron chi connectivity index (χ2n) is 9.06. The van der Waals surface area contributed by atoms with Gasteiger partial charge >= 0.3 is 5.97 Å². The topological polar surface area (TPSA) is 84.9 Å². The van der Waals surface area contributed by atoms with Crippen LogP contribution in [0, 0.1) is 0 Å². The zero-order chi connectivity index (χ0) is 24.2. The summed E-state index contributed by atoms with van der Waals surface area (Å²) < 4.78 is 10.6. The Labute approximate surface area is 203 Å². The van der Waals surface area contributed by atoms with Crippen molar-refractivity contribution in [1.29, 1.82) is 0 Å². The van der Waals surface area contributed by atoms with Gasteiger partial charge in [-0.3, -0.25) is 9.59 Å². The van der Waals surface area contributed by atoms with Crippen LogP contribution in [0.25, 0.3) is 0 Å². The van der Waals surface area contributed by atoms with Gasteiger partial charge in [-0.05, 0) is 26.2 Å². The van der Waals surface area contributed by atoms with Gasteiger partial charge < -0.3 is 19.9 Å². The molecule has 0 aliphatic heterocycles. The van der Waals surface area contributed by atoms with Gasteiger partial charge in [-0.2, -0.15) is 0 Å². The maximum absolute atomic E-state index is 11.8. The number of carbonyl (C=O) groups excluding carboxylic acids is 1. The Hall–Kier alpha value is -1.14. The highest BCUT2D eigenvalue weighted by molar-refractivity contribution is 5.75. The summed E-state index contributed by atoms with van der Waals surface area (Å²) in [5.74, 6) is -0.500. The molecule has 0 aliphatic carbocycles. The summed E-state index contributed by atoms with van der Waals surface area (Å²) in [7, 11) is 0. The molecular formula is C27H53NO5. The van der Waals surface area contributed by atoms with Gasteiger partial charge in [0.05, 0.1) is 13.2 Å². The molecule has 0 saturated heterocycles. The number of carboxylic acids is 1. The first kappa shape index (κ1) is 31.9. The van der Waals surface area contributed by atoms with Gasteiger partial charge in [0, 0.05) is 32.6 Å². The van der Waals surface area contributed by atoms with Gasteiger partial charge in [0.15, 0.2) is 0 Å². The monoisotopic (exact) mass is 471 g/mol. The fourth-order valence-electron chi connectivity index (χ4n) is 3.89. The summed E-state index contributed by atoms with van der Waals surface area (Å²) in [4.78, 5) is 22.2. The van der Waals surface area contributed by atoms with E-state index in [4.69, 9.17) is 14.6 Å². The number of aliphatic carboxylic acids is 1. The van der Waals surface area contributed by atoms with E-state index in [0.717, 1.165) is 38.7 Å². The Balaban J connectivity index is 3.13. The van der Waals surface area contributed by atoms with Crippen molar-refractivity contribution in [3.63, 3.8) is 0 Å². The molecule has 0 heterocycles. The number of hydrogen-bond donors (Lipinski definition) is 2. The minimum atomic E-state index is -0.669. The zero-order valence-electron chi connectivity index (χ0n) is 21.6. The summed E-state index contributed by atoms with van der Waals surface area (Å²) >= 11 is 0.